The van der Waals surface area contributed by atoms with Gasteiger partial charge in [-0.15, -0.1) is 0 Å². The molecule has 0 heterocycles. The third-order valence-electron chi connectivity index (χ3n) is 4.60. The fourth-order valence-corrected chi connectivity index (χ4v) is 3.86. The molecule has 1 aromatic carbocycles. The van der Waals surface area contributed by atoms with Crippen LogP contribution in [-0.2, 0) is 6.54 Å². The Morgan fingerprint density at radius 2 is 1.80 bits per heavy atom. The molecule has 0 atom stereocenters. The molecule has 2 N–H and O–H groups in total. The average molecular weight is 339 g/mol. The monoisotopic (exact) mass is 338 g/mol. The van der Waals surface area contributed by atoms with Crippen molar-refractivity contribution in [3.63, 3.8) is 0 Å². The van der Waals surface area contributed by atoms with Gasteiger partial charge in [0.1, 0.15) is 0 Å². The van der Waals surface area contributed by atoms with Gasteiger partial charge in [-0.3, -0.25) is 0 Å². The molecule has 112 valence electrons. The summed E-state index contributed by atoms with van der Waals surface area (Å²) in [6.07, 6.45) is 8.05. The van der Waals surface area contributed by atoms with E-state index < -0.39 is 0 Å². The highest BCUT2D eigenvalue weighted by Gasteiger charge is 2.30. The van der Waals surface area contributed by atoms with Gasteiger partial charge in [0.05, 0.1) is 0 Å². The van der Waals surface area contributed by atoms with Crippen LogP contribution < -0.4 is 5.73 Å². The Kier molecular flexibility index (Phi) is 6.06. The van der Waals surface area contributed by atoms with Crippen molar-refractivity contribution in [1.29, 1.82) is 0 Å². The van der Waals surface area contributed by atoms with Crippen LogP contribution >= 0.6 is 15.9 Å². The second-order valence-electron chi connectivity index (χ2n) is 6.38. The average Bonchev–Trinajstić information content (AvgIpc) is 2.67. The Bertz CT molecular complexity index is 411. The summed E-state index contributed by atoms with van der Waals surface area (Å²) in [7, 11) is 2.22. The van der Waals surface area contributed by atoms with E-state index in [0.29, 0.717) is 5.41 Å². The highest BCUT2D eigenvalue weighted by Crippen LogP contribution is 2.35. The molecule has 0 bridgehead atoms. The minimum atomic E-state index is 0.340. The van der Waals surface area contributed by atoms with Crippen LogP contribution in [0, 0.1) is 5.41 Å². The number of halogens is 1. The second kappa shape index (κ2) is 7.58. The number of hydrogen-bond acceptors (Lipinski definition) is 2. The number of nitrogens with two attached hydrogens (primary N) is 1. The molecule has 1 aliphatic rings. The Morgan fingerprint density at radius 1 is 1.15 bits per heavy atom. The summed E-state index contributed by atoms with van der Waals surface area (Å²) in [5.74, 6) is 0. The van der Waals surface area contributed by atoms with Gasteiger partial charge in [-0.2, -0.15) is 0 Å². The predicted molar refractivity (Wildman–Crippen MR) is 89.7 cm³/mol. The quantitative estimate of drug-likeness (QED) is 0.816. The van der Waals surface area contributed by atoms with Crippen LogP contribution in [0.3, 0.4) is 0 Å². The van der Waals surface area contributed by atoms with Gasteiger partial charge in [-0.05, 0) is 43.5 Å². The fraction of sp³-hybridized carbons (Fsp3) is 0.647. The zero-order chi connectivity index (χ0) is 14.4. The number of rotatable bonds is 5. The zero-order valence-corrected chi connectivity index (χ0v) is 14.2. The lowest BCUT2D eigenvalue weighted by Crippen LogP contribution is -2.40. The molecule has 20 heavy (non-hydrogen) atoms. The van der Waals surface area contributed by atoms with Crippen LogP contribution in [-0.4, -0.2) is 25.0 Å². The van der Waals surface area contributed by atoms with Crippen molar-refractivity contribution < 1.29 is 0 Å². The van der Waals surface area contributed by atoms with Gasteiger partial charge in [0.2, 0.25) is 0 Å². The van der Waals surface area contributed by atoms with E-state index in [1.807, 2.05) is 0 Å². The van der Waals surface area contributed by atoms with Crippen molar-refractivity contribution in [2.24, 2.45) is 11.1 Å². The lowest BCUT2D eigenvalue weighted by atomic mass is 9.80. The molecule has 0 radical (unpaired) electrons. The van der Waals surface area contributed by atoms with E-state index in [0.717, 1.165) is 19.6 Å². The largest absolute Gasteiger partial charge is 0.330 e. The summed E-state index contributed by atoms with van der Waals surface area (Å²) in [6.45, 7) is 2.93. The van der Waals surface area contributed by atoms with E-state index in [1.165, 1.54) is 48.6 Å². The number of hydrogen-bond donors (Lipinski definition) is 1. The molecule has 0 saturated heterocycles. The van der Waals surface area contributed by atoms with Crippen molar-refractivity contribution in [2.45, 2.75) is 45.1 Å². The Balaban J connectivity index is 1.98. The van der Waals surface area contributed by atoms with Gasteiger partial charge >= 0.3 is 0 Å². The minimum absolute atomic E-state index is 0.340. The lowest BCUT2D eigenvalue weighted by molar-refractivity contribution is 0.153. The summed E-state index contributed by atoms with van der Waals surface area (Å²) < 4.78 is 1.20. The van der Waals surface area contributed by atoms with Gasteiger partial charge in [0, 0.05) is 17.6 Å². The molecule has 1 aliphatic carbocycles. The molecule has 1 saturated carbocycles. The van der Waals surface area contributed by atoms with E-state index in [4.69, 9.17) is 5.73 Å². The summed E-state index contributed by atoms with van der Waals surface area (Å²) in [4.78, 5) is 2.44. The van der Waals surface area contributed by atoms with Crippen molar-refractivity contribution >= 4 is 15.9 Å². The molecule has 2 rings (SSSR count). The first-order valence-electron chi connectivity index (χ1n) is 7.77. The number of benzene rings is 1. The number of nitrogens with zero attached hydrogens (tertiary/aromatic N) is 1. The molecule has 2 nitrogen and oxygen atoms in total. The van der Waals surface area contributed by atoms with Crippen molar-refractivity contribution in [2.75, 3.05) is 20.1 Å². The maximum Gasteiger partial charge on any atom is 0.0242 e. The Labute approximate surface area is 131 Å². The third kappa shape index (κ3) is 4.31. The molecule has 0 unspecified atom stereocenters. The van der Waals surface area contributed by atoms with E-state index in [1.54, 1.807) is 0 Å². The van der Waals surface area contributed by atoms with E-state index in [9.17, 15) is 0 Å². The molecule has 0 spiro atoms. The van der Waals surface area contributed by atoms with Gasteiger partial charge < -0.3 is 10.6 Å². The fourth-order valence-electron chi connectivity index (χ4n) is 3.45. The first-order valence-corrected chi connectivity index (χ1v) is 8.57. The van der Waals surface area contributed by atoms with Gasteiger partial charge in [-0.25, -0.2) is 0 Å². The summed E-state index contributed by atoms with van der Waals surface area (Å²) in [6, 6.07) is 8.49. The Morgan fingerprint density at radius 3 is 2.40 bits per heavy atom. The van der Waals surface area contributed by atoms with Crippen molar-refractivity contribution in [1.82, 2.24) is 4.90 Å². The Hall–Kier alpha value is -0.380. The van der Waals surface area contributed by atoms with Gasteiger partial charge in [-0.1, -0.05) is 59.8 Å². The molecule has 0 aromatic heterocycles. The molecular weight excluding hydrogens is 312 g/mol. The minimum Gasteiger partial charge on any atom is -0.330 e. The first-order chi connectivity index (χ1) is 9.65. The van der Waals surface area contributed by atoms with Crippen LogP contribution in [0.15, 0.2) is 28.7 Å². The highest BCUT2D eigenvalue weighted by atomic mass is 79.9. The predicted octanol–water partition coefficient (Wildman–Crippen LogP) is 4.18. The maximum absolute atomic E-state index is 6.14. The molecule has 0 amide bonds. The van der Waals surface area contributed by atoms with E-state index in [-0.39, 0.29) is 0 Å². The normalized spacial score (nSPS) is 19.0. The molecule has 1 aromatic rings. The first kappa shape index (κ1) is 16.0. The standard InChI is InChI=1S/C17H27BrN2/c1-20(12-15-8-4-5-9-16(15)18)14-17(13-19)10-6-2-3-7-11-17/h4-5,8-9H,2-3,6-7,10-14,19H2,1H3. The SMILES string of the molecule is CN(Cc1ccccc1Br)CC1(CN)CCCCCC1. The van der Waals surface area contributed by atoms with Crippen LogP contribution in [0.4, 0.5) is 0 Å². The van der Waals surface area contributed by atoms with Gasteiger partial charge in [0.15, 0.2) is 0 Å². The molecular formula is C17H27BrN2. The summed E-state index contributed by atoms with van der Waals surface area (Å²) in [5.41, 5.74) is 7.84. The molecule has 3 heteroatoms. The van der Waals surface area contributed by atoms with Crippen LogP contribution in [0.2, 0.25) is 0 Å². The molecule has 1 fully saturated rings. The topological polar surface area (TPSA) is 29.3 Å². The second-order valence-corrected chi connectivity index (χ2v) is 7.24. The molecule has 0 aliphatic heterocycles. The highest BCUT2D eigenvalue weighted by molar-refractivity contribution is 9.10. The van der Waals surface area contributed by atoms with Gasteiger partial charge in [0.25, 0.3) is 0 Å². The summed E-state index contributed by atoms with van der Waals surface area (Å²) in [5, 5.41) is 0. The zero-order valence-electron chi connectivity index (χ0n) is 12.6. The van der Waals surface area contributed by atoms with Crippen LogP contribution in [0.1, 0.15) is 44.1 Å². The third-order valence-corrected chi connectivity index (χ3v) is 5.37. The maximum atomic E-state index is 6.14. The smallest absolute Gasteiger partial charge is 0.0242 e. The van der Waals surface area contributed by atoms with Crippen LogP contribution in [0.25, 0.3) is 0 Å². The van der Waals surface area contributed by atoms with E-state index in [2.05, 4.69) is 52.1 Å². The van der Waals surface area contributed by atoms with Crippen molar-refractivity contribution in [3.05, 3.63) is 34.3 Å². The van der Waals surface area contributed by atoms with Crippen molar-refractivity contribution in [3.8, 4) is 0 Å². The van der Waals surface area contributed by atoms with Crippen LogP contribution in [0.5, 0.6) is 0 Å². The lowest BCUT2D eigenvalue weighted by Gasteiger charge is -2.35. The van der Waals surface area contributed by atoms with E-state index >= 15 is 0 Å². The summed E-state index contributed by atoms with van der Waals surface area (Å²) >= 11 is 3.64.